The van der Waals surface area contributed by atoms with Gasteiger partial charge in [0.1, 0.15) is 0 Å². The first-order valence-electron chi connectivity index (χ1n) is 6.36. The molecule has 2 heteroatoms. The van der Waals surface area contributed by atoms with Crippen LogP contribution in [0, 0.1) is 5.41 Å². The molecule has 18 heavy (non-hydrogen) atoms. The maximum atomic E-state index is 6.45. The highest BCUT2D eigenvalue weighted by molar-refractivity contribution is 5.76. The van der Waals surface area contributed by atoms with Gasteiger partial charge >= 0.3 is 0 Å². The first-order valence-corrected chi connectivity index (χ1v) is 6.36. The smallest absolute Gasteiger partial charge is 0.0426 e. The van der Waals surface area contributed by atoms with Gasteiger partial charge in [-0.15, -0.1) is 0 Å². The number of anilines is 1. The van der Waals surface area contributed by atoms with E-state index in [9.17, 15) is 0 Å². The number of allylic oxidation sites excluding steroid dienone is 2. The number of nitrogen functional groups attached to an aromatic ring is 1. The summed E-state index contributed by atoms with van der Waals surface area (Å²) < 4.78 is 0. The average molecular weight is 242 g/mol. The number of hydrogen-bond donors (Lipinski definition) is 2. The Morgan fingerprint density at radius 1 is 1.11 bits per heavy atom. The van der Waals surface area contributed by atoms with Crippen LogP contribution in [0.4, 0.5) is 5.69 Å². The minimum atomic E-state index is -0.260. The normalized spacial score (nSPS) is 23.9. The molecule has 0 spiro atoms. The fourth-order valence-electron chi connectivity index (χ4n) is 2.10. The molecule has 4 N–H and O–H groups in total. The summed E-state index contributed by atoms with van der Waals surface area (Å²) in [6.07, 6.45) is 7.35. The van der Waals surface area contributed by atoms with Crippen LogP contribution in [0.1, 0.15) is 32.8 Å². The summed E-state index contributed by atoms with van der Waals surface area (Å²) in [5.41, 5.74) is 15.2. The Hall–Kier alpha value is -1.54. The predicted octanol–water partition coefficient (Wildman–Crippen LogP) is 3.36. The summed E-state index contributed by atoms with van der Waals surface area (Å²) in [6, 6.07) is 7.95. The molecule has 0 fully saturated rings. The fourth-order valence-corrected chi connectivity index (χ4v) is 2.10. The second-order valence-electron chi connectivity index (χ2n) is 6.11. The summed E-state index contributed by atoms with van der Waals surface area (Å²) in [4.78, 5) is 0. The Morgan fingerprint density at radius 3 is 2.17 bits per heavy atom. The van der Waals surface area contributed by atoms with Crippen LogP contribution in [0.15, 0.2) is 42.5 Å². The van der Waals surface area contributed by atoms with Gasteiger partial charge in [0.25, 0.3) is 0 Å². The van der Waals surface area contributed by atoms with Gasteiger partial charge in [-0.3, -0.25) is 0 Å². The summed E-state index contributed by atoms with van der Waals surface area (Å²) in [7, 11) is 0. The van der Waals surface area contributed by atoms with E-state index in [-0.39, 0.29) is 11.0 Å². The average Bonchev–Trinajstić information content (AvgIpc) is 2.30. The van der Waals surface area contributed by atoms with E-state index in [0.717, 1.165) is 12.1 Å². The summed E-state index contributed by atoms with van der Waals surface area (Å²) in [6.45, 7) is 6.54. The molecule has 0 saturated carbocycles. The summed E-state index contributed by atoms with van der Waals surface area (Å²) in [5.74, 6) is 0. The Labute approximate surface area is 109 Å². The number of hydrogen-bond acceptors (Lipinski definition) is 2. The van der Waals surface area contributed by atoms with Gasteiger partial charge in [0.2, 0.25) is 0 Å². The van der Waals surface area contributed by atoms with Crippen molar-refractivity contribution < 1.29 is 0 Å². The Balaban J connectivity index is 2.23. The molecule has 0 bridgehead atoms. The lowest BCUT2D eigenvalue weighted by Crippen LogP contribution is -2.49. The van der Waals surface area contributed by atoms with Gasteiger partial charge < -0.3 is 11.5 Å². The van der Waals surface area contributed by atoms with Crippen molar-refractivity contribution in [1.82, 2.24) is 0 Å². The van der Waals surface area contributed by atoms with E-state index in [1.165, 1.54) is 11.1 Å². The maximum absolute atomic E-state index is 6.45. The topological polar surface area (TPSA) is 52.0 Å². The lowest BCUT2D eigenvalue weighted by molar-refractivity contribution is 0.242. The molecule has 1 aliphatic carbocycles. The molecule has 0 radical (unpaired) electrons. The first-order chi connectivity index (χ1) is 8.32. The zero-order chi connectivity index (χ0) is 13.4. The highest BCUT2D eigenvalue weighted by atomic mass is 14.8. The van der Waals surface area contributed by atoms with Gasteiger partial charge in [-0.2, -0.15) is 0 Å². The molecule has 0 saturated heterocycles. The highest BCUT2D eigenvalue weighted by Gasteiger charge is 2.36. The summed E-state index contributed by atoms with van der Waals surface area (Å²) >= 11 is 0. The second-order valence-corrected chi connectivity index (χ2v) is 6.11. The zero-order valence-electron chi connectivity index (χ0n) is 11.4. The SMILES string of the molecule is CC(C)(C)C1(N)C=CC(c2ccc(N)cc2)=CC1. The van der Waals surface area contributed by atoms with E-state index >= 15 is 0 Å². The van der Waals surface area contributed by atoms with Gasteiger partial charge in [0.15, 0.2) is 0 Å². The van der Waals surface area contributed by atoms with Gasteiger partial charge in [-0.1, -0.05) is 51.1 Å². The number of rotatable bonds is 1. The van der Waals surface area contributed by atoms with Gasteiger partial charge in [-0.05, 0) is 35.1 Å². The fraction of sp³-hybridized carbons (Fsp3) is 0.375. The summed E-state index contributed by atoms with van der Waals surface area (Å²) in [5, 5.41) is 0. The van der Waals surface area contributed by atoms with Crippen molar-refractivity contribution in [3.8, 4) is 0 Å². The van der Waals surface area contributed by atoms with Crippen LogP contribution >= 0.6 is 0 Å². The first kappa shape index (κ1) is 12.9. The molecular formula is C16H22N2. The third kappa shape index (κ3) is 2.34. The van der Waals surface area contributed by atoms with Crippen molar-refractivity contribution in [3.63, 3.8) is 0 Å². The second kappa shape index (κ2) is 4.29. The van der Waals surface area contributed by atoms with Crippen LogP contribution < -0.4 is 11.5 Å². The number of benzene rings is 1. The molecule has 1 atom stereocenters. The number of nitrogens with two attached hydrogens (primary N) is 2. The molecule has 1 aromatic carbocycles. The van der Waals surface area contributed by atoms with E-state index in [4.69, 9.17) is 11.5 Å². The van der Waals surface area contributed by atoms with Gasteiger partial charge in [0, 0.05) is 11.2 Å². The van der Waals surface area contributed by atoms with Crippen molar-refractivity contribution in [2.75, 3.05) is 5.73 Å². The van der Waals surface area contributed by atoms with E-state index in [0.29, 0.717) is 0 Å². The zero-order valence-corrected chi connectivity index (χ0v) is 11.4. The van der Waals surface area contributed by atoms with Crippen molar-refractivity contribution >= 4 is 11.3 Å². The Kier molecular flexibility index (Phi) is 3.07. The lowest BCUT2D eigenvalue weighted by Gasteiger charge is -2.40. The van der Waals surface area contributed by atoms with Crippen LogP contribution in [-0.2, 0) is 0 Å². The highest BCUT2D eigenvalue weighted by Crippen LogP contribution is 2.37. The maximum Gasteiger partial charge on any atom is 0.0426 e. The van der Waals surface area contributed by atoms with Crippen molar-refractivity contribution in [3.05, 3.63) is 48.1 Å². The van der Waals surface area contributed by atoms with E-state index in [2.05, 4.69) is 39.0 Å². The Bertz CT molecular complexity index is 489. The van der Waals surface area contributed by atoms with E-state index in [1.54, 1.807) is 0 Å². The molecule has 1 aromatic rings. The molecule has 0 amide bonds. The predicted molar refractivity (Wildman–Crippen MR) is 79.0 cm³/mol. The molecule has 0 aromatic heterocycles. The van der Waals surface area contributed by atoms with Gasteiger partial charge in [-0.25, -0.2) is 0 Å². The molecule has 1 aliphatic rings. The van der Waals surface area contributed by atoms with Crippen LogP contribution in [-0.4, -0.2) is 5.54 Å². The molecule has 1 unspecified atom stereocenters. The van der Waals surface area contributed by atoms with E-state index in [1.807, 2.05) is 24.3 Å². The molecular weight excluding hydrogens is 220 g/mol. The van der Waals surface area contributed by atoms with Crippen molar-refractivity contribution in [2.45, 2.75) is 32.7 Å². The largest absolute Gasteiger partial charge is 0.399 e. The molecule has 2 nitrogen and oxygen atoms in total. The monoisotopic (exact) mass is 242 g/mol. The molecule has 0 heterocycles. The third-order valence-electron chi connectivity index (χ3n) is 3.86. The molecule has 96 valence electrons. The standard InChI is InChI=1S/C16H22N2/c1-15(2,3)16(18)10-8-13(9-11-16)12-4-6-14(17)7-5-12/h4-10H,11,17-18H2,1-3H3. The van der Waals surface area contributed by atoms with Gasteiger partial charge in [0.05, 0.1) is 0 Å². The Morgan fingerprint density at radius 2 is 1.72 bits per heavy atom. The molecule has 2 rings (SSSR count). The minimum Gasteiger partial charge on any atom is -0.399 e. The minimum absolute atomic E-state index is 0.0621. The third-order valence-corrected chi connectivity index (χ3v) is 3.86. The van der Waals surface area contributed by atoms with E-state index < -0.39 is 0 Å². The van der Waals surface area contributed by atoms with Crippen LogP contribution in [0.2, 0.25) is 0 Å². The van der Waals surface area contributed by atoms with Crippen LogP contribution in [0.3, 0.4) is 0 Å². The van der Waals surface area contributed by atoms with Crippen molar-refractivity contribution in [1.29, 1.82) is 0 Å². The molecule has 0 aliphatic heterocycles. The quantitative estimate of drug-likeness (QED) is 0.742. The van der Waals surface area contributed by atoms with Crippen LogP contribution in [0.25, 0.3) is 5.57 Å². The van der Waals surface area contributed by atoms with Crippen molar-refractivity contribution in [2.24, 2.45) is 11.1 Å². The lowest BCUT2D eigenvalue weighted by atomic mass is 9.70. The van der Waals surface area contributed by atoms with Crippen LogP contribution in [0.5, 0.6) is 0 Å².